The second-order valence-electron chi connectivity index (χ2n) is 3.12. The first-order valence-corrected chi connectivity index (χ1v) is 4.73. The van der Waals surface area contributed by atoms with E-state index in [1.54, 1.807) is 31.6 Å². The van der Waals surface area contributed by atoms with Crippen LogP contribution in [0.15, 0.2) is 30.7 Å². The highest BCUT2D eigenvalue weighted by atomic mass is 16.1. The first-order chi connectivity index (χ1) is 7.79. The number of nitrogens with zero attached hydrogens (tertiary/aromatic N) is 2. The Morgan fingerprint density at radius 3 is 3.06 bits per heavy atom. The summed E-state index contributed by atoms with van der Waals surface area (Å²) in [5.74, 6) is 0.458. The lowest BCUT2D eigenvalue weighted by atomic mass is 10.2. The van der Waals surface area contributed by atoms with Crippen molar-refractivity contribution in [3.8, 4) is 0 Å². The second-order valence-corrected chi connectivity index (χ2v) is 3.12. The molecule has 0 spiro atoms. The van der Waals surface area contributed by atoms with Crippen LogP contribution in [0.5, 0.6) is 0 Å². The van der Waals surface area contributed by atoms with Gasteiger partial charge in [0.1, 0.15) is 5.82 Å². The standard InChI is InChI=1S/C10H11N5O/c1-11-9-4-7(2-3-12-9)10(16)15-8-5-13-14-6-8/h2-6H,1H3,(H,11,12)(H,13,14)(H,15,16). The predicted octanol–water partition coefficient (Wildman–Crippen LogP) is 1.10. The Bertz CT molecular complexity index is 480. The van der Waals surface area contributed by atoms with Crippen LogP contribution in [-0.4, -0.2) is 28.1 Å². The smallest absolute Gasteiger partial charge is 0.255 e. The highest BCUT2D eigenvalue weighted by Gasteiger charge is 2.07. The molecular weight excluding hydrogens is 206 g/mol. The SMILES string of the molecule is CNc1cc(C(=O)Nc2cn[nH]c2)ccn1. The molecule has 0 aromatic carbocycles. The first kappa shape index (κ1) is 10.2. The fourth-order valence-corrected chi connectivity index (χ4v) is 1.23. The molecular formula is C10H11N5O. The van der Waals surface area contributed by atoms with Crippen molar-refractivity contribution in [2.45, 2.75) is 0 Å². The van der Waals surface area contributed by atoms with Gasteiger partial charge >= 0.3 is 0 Å². The Labute approximate surface area is 92.1 Å². The van der Waals surface area contributed by atoms with Crippen LogP contribution in [0.3, 0.4) is 0 Å². The number of carbonyl (C=O) groups excluding carboxylic acids is 1. The molecule has 2 rings (SSSR count). The van der Waals surface area contributed by atoms with Crippen molar-refractivity contribution in [2.24, 2.45) is 0 Å². The summed E-state index contributed by atoms with van der Waals surface area (Å²) in [7, 11) is 1.75. The van der Waals surface area contributed by atoms with Gasteiger partial charge in [-0.1, -0.05) is 0 Å². The summed E-state index contributed by atoms with van der Waals surface area (Å²) in [5.41, 5.74) is 1.17. The lowest BCUT2D eigenvalue weighted by Gasteiger charge is -2.03. The average molecular weight is 217 g/mol. The summed E-state index contributed by atoms with van der Waals surface area (Å²) in [6, 6.07) is 3.33. The monoisotopic (exact) mass is 217 g/mol. The van der Waals surface area contributed by atoms with E-state index in [9.17, 15) is 4.79 Å². The normalized spacial score (nSPS) is 9.81. The number of rotatable bonds is 3. The maximum Gasteiger partial charge on any atom is 0.255 e. The molecule has 0 aliphatic carbocycles. The largest absolute Gasteiger partial charge is 0.373 e. The van der Waals surface area contributed by atoms with Crippen molar-refractivity contribution >= 4 is 17.4 Å². The lowest BCUT2D eigenvalue weighted by Crippen LogP contribution is -2.11. The van der Waals surface area contributed by atoms with E-state index in [0.29, 0.717) is 17.1 Å². The summed E-state index contributed by atoms with van der Waals surface area (Å²) in [6.45, 7) is 0. The van der Waals surface area contributed by atoms with Crippen molar-refractivity contribution in [2.75, 3.05) is 17.7 Å². The molecule has 0 aliphatic rings. The summed E-state index contributed by atoms with van der Waals surface area (Å²) >= 11 is 0. The zero-order valence-corrected chi connectivity index (χ0v) is 8.69. The fourth-order valence-electron chi connectivity index (χ4n) is 1.23. The molecule has 16 heavy (non-hydrogen) atoms. The van der Waals surface area contributed by atoms with E-state index >= 15 is 0 Å². The fraction of sp³-hybridized carbons (Fsp3) is 0.100. The molecule has 0 radical (unpaired) electrons. The van der Waals surface area contributed by atoms with Gasteiger partial charge in [-0.2, -0.15) is 5.10 Å². The molecule has 2 aromatic rings. The van der Waals surface area contributed by atoms with E-state index in [1.165, 1.54) is 6.20 Å². The van der Waals surface area contributed by atoms with Crippen LogP contribution in [-0.2, 0) is 0 Å². The van der Waals surface area contributed by atoms with E-state index in [2.05, 4.69) is 25.8 Å². The molecule has 0 saturated carbocycles. The Hall–Kier alpha value is -2.37. The minimum Gasteiger partial charge on any atom is -0.373 e. The number of amides is 1. The van der Waals surface area contributed by atoms with Crippen LogP contribution in [0.4, 0.5) is 11.5 Å². The molecule has 3 N–H and O–H groups in total. The van der Waals surface area contributed by atoms with Gasteiger partial charge < -0.3 is 10.6 Å². The van der Waals surface area contributed by atoms with Gasteiger partial charge in [-0.25, -0.2) is 4.98 Å². The van der Waals surface area contributed by atoms with Crippen LogP contribution >= 0.6 is 0 Å². The molecule has 82 valence electrons. The van der Waals surface area contributed by atoms with Crippen LogP contribution < -0.4 is 10.6 Å². The third kappa shape index (κ3) is 2.17. The van der Waals surface area contributed by atoms with E-state index in [4.69, 9.17) is 0 Å². The molecule has 0 aliphatic heterocycles. The highest BCUT2D eigenvalue weighted by molar-refractivity contribution is 6.04. The average Bonchev–Trinajstić information content (AvgIpc) is 2.82. The number of nitrogens with one attached hydrogen (secondary N) is 3. The number of aromatic nitrogens is 3. The van der Waals surface area contributed by atoms with Crippen molar-refractivity contribution in [1.82, 2.24) is 15.2 Å². The van der Waals surface area contributed by atoms with Crippen molar-refractivity contribution < 1.29 is 4.79 Å². The predicted molar refractivity (Wildman–Crippen MR) is 60.3 cm³/mol. The van der Waals surface area contributed by atoms with Crippen LogP contribution in [0.25, 0.3) is 0 Å². The Morgan fingerprint density at radius 2 is 2.38 bits per heavy atom. The molecule has 2 heterocycles. The molecule has 1 amide bonds. The van der Waals surface area contributed by atoms with Gasteiger partial charge in [-0.05, 0) is 12.1 Å². The lowest BCUT2D eigenvalue weighted by molar-refractivity contribution is 0.102. The Kier molecular flexibility index (Phi) is 2.81. The van der Waals surface area contributed by atoms with Crippen molar-refractivity contribution in [3.05, 3.63) is 36.3 Å². The summed E-state index contributed by atoms with van der Waals surface area (Å²) < 4.78 is 0. The number of anilines is 2. The molecule has 6 heteroatoms. The molecule has 0 unspecified atom stereocenters. The highest BCUT2D eigenvalue weighted by Crippen LogP contribution is 2.09. The number of H-pyrrole nitrogens is 1. The minimum absolute atomic E-state index is 0.194. The molecule has 0 fully saturated rings. The van der Waals surface area contributed by atoms with Crippen LogP contribution in [0.1, 0.15) is 10.4 Å². The van der Waals surface area contributed by atoms with Crippen LogP contribution in [0, 0.1) is 0 Å². The van der Waals surface area contributed by atoms with E-state index in [-0.39, 0.29) is 5.91 Å². The maximum atomic E-state index is 11.8. The summed E-state index contributed by atoms with van der Waals surface area (Å²) in [5, 5.41) is 11.9. The van der Waals surface area contributed by atoms with Gasteiger partial charge in [0.15, 0.2) is 0 Å². The molecule has 6 nitrogen and oxygen atoms in total. The number of carbonyl (C=O) groups is 1. The summed E-state index contributed by atoms with van der Waals surface area (Å²) in [6.07, 6.45) is 4.73. The van der Waals surface area contributed by atoms with Gasteiger partial charge in [0.25, 0.3) is 5.91 Å². The van der Waals surface area contributed by atoms with Gasteiger partial charge in [0, 0.05) is 25.0 Å². The number of aromatic amines is 1. The quantitative estimate of drug-likeness (QED) is 0.719. The van der Waals surface area contributed by atoms with Gasteiger partial charge in [0.2, 0.25) is 0 Å². The molecule has 0 atom stereocenters. The zero-order valence-electron chi connectivity index (χ0n) is 8.69. The molecule has 0 bridgehead atoms. The maximum absolute atomic E-state index is 11.8. The topological polar surface area (TPSA) is 82.7 Å². The number of hydrogen-bond donors (Lipinski definition) is 3. The minimum atomic E-state index is -0.194. The van der Waals surface area contributed by atoms with Crippen molar-refractivity contribution in [3.63, 3.8) is 0 Å². The van der Waals surface area contributed by atoms with Crippen LogP contribution in [0.2, 0.25) is 0 Å². The molecule has 0 saturated heterocycles. The van der Waals surface area contributed by atoms with Gasteiger partial charge in [-0.3, -0.25) is 9.89 Å². The Morgan fingerprint density at radius 1 is 1.50 bits per heavy atom. The molecule has 2 aromatic heterocycles. The third-order valence-corrected chi connectivity index (χ3v) is 2.03. The first-order valence-electron chi connectivity index (χ1n) is 4.73. The van der Waals surface area contributed by atoms with E-state index < -0.39 is 0 Å². The second kappa shape index (κ2) is 4.43. The Balaban J connectivity index is 2.14. The number of pyridine rings is 1. The van der Waals surface area contributed by atoms with E-state index in [0.717, 1.165) is 0 Å². The number of hydrogen-bond acceptors (Lipinski definition) is 4. The van der Waals surface area contributed by atoms with E-state index in [1.807, 2.05) is 0 Å². The van der Waals surface area contributed by atoms with Gasteiger partial charge in [-0.15, -0.1) is 0 Å². The third-order valence-electron chi connectivity index (χ3n) is 2.03. The van der Waals surface area contributed by atoms with Gasteiger partial charge in [0.05, 0.1) is 11.9 Å². The summed E-state index contributed by atoms with van der Waals surface area (Å²) in [4.78, 5) is 15.8. The van der Waals surface area contributed by atoms with Crippen molar-refractivity contribution in [1.29, 1.82) is 0 Å². The zero-order chi connectivity index (χ0) is 11.4.